The molecule has 3 aliphatic rings. The van der Waals surface area contributed by atoms with Crippen LogP contribution in [0.4, 0.5) is 4.79 Å². The number of methoxy groups -OCH3 is 1. The minimum Gasteiger partial charge on any atom is -0.467 e. The van der Waals surface area contributed by atoms with E-state index in [1.165, 1.54) is 29.4 Å². The van der Waals surface area contributed by atoms with E-state index in [1.807, 2.05) is 24.3 Å². The highest BCUT2D eigenvalue weighted by atomic mass is 16.6. The van der Waals surface area contributed by atoms with Gasteiger partial charge in [0, 0.05) is 11.3 Å². The minimum atomic E-state index is -0.916. The summed E-state index contributed by atoms with van der Waals surface area (Å²) < 4.78 is 10.7. The Kier molecular flexibility index (Phi) is 4.16. The summed E-state index contributed by atoms with van der Waals surface area (Å²) in [6, 6.07) is 16.5. The van der Waals surface area contributed by atoms with Crippen molar-refractivity contribution >= 4 is 12.1 Å². The molecule has 1 spiro atoms. The van der Waals surface area contributed by atoms with E-state index in [-0.39, 0.29) is 23.9 Å². The largest absolute Gasteiger partial charge is 0.467 e. The molecule has 2 fully saturated rings. The van der Waals surface area contributed by atoms with Gasteiger partial charge in [0.1, 0.15) is 12.1 Å². The van der Waals surface area contributed by atoms with Gasteiger partial charge < -0.3 is 14.8 Å². The zero-order chi connectivity index (χ0) is 20.1. The van der Waals surface area contributed by atoms with Crippen LogP contribution in [0, 0.1) is 5.41 Å². The number of fused-ring (bicyclic) bond motifs is 3. The third kappa shape index (κ3) is 2.67. The second kappa shape index (κ2) is 6.61. The average Bonchev–Trinajstić information content (AvgIpc) is 3.05. The molecule has 5 rings (SSSR count). The van der Waals surface area contributed by atoms with E-state index >= 15 is 0 Å². The molecule has 0 saturated heterocycles. The predicted octanol–water partition coefficient (Wildman–Crippen LogP) is 4.40. The topological polar surface area (TPSA) is 64.6 Å². The van der Waals surface area contributed by atoms with Crippen molar-refractivity contribution < 1.29 is 19.1 Å². The van der Waals surface area contributed by atoms with E-state index in [0.717, 1.165) is 25.7 Å². The lowest BCUT2D eigenvalue weighted by Gasteiger charge is -2.22. The number of ether oxygens (including phenoxy) is 2. The Morgan fingerprint density at radius 2 is 1.59 bits per heavy atom. The third-order valence-corrected chi connectivity index (χ3v) is 7.14. The summed E-state index contributed by atoms with van der Waals surface area (Å²) in [5.41, 5.74) is 3.66. The molecule has 0 aliphatic heterocycles. The molecular weight excluding hydrogens is 366 g/mol. The summed E-state index contributed by atoms with van der Waals surface area (Å²) in [5.74, 6) is -0.352. The van der Waals surface area contributed by atoms with Crippen molar-refractivity contribution in [3.05, 3.63) is 59.7 Å². The number of hydrogen-bond acceptors (Lipinski definition) is 4. The van der Waals surface area contributed by atoms with Crippen molar-refractivity contribution in [2.24, 2.45) is 5.41 Å². The number of nitrogens with one attached hydrogen (secondary N) is 1. The van der Waals surface area contributed by atoms with Crippen LogP contribution in [0.2, 0.25) is 0 Å². The van der Waals surface area contributed by atoms with Gasteiger partial charge in [-0.25, -0.2) is 9.59 Å². The normalized spacial score (nSPS) is 23.3. The van der Waals surface area contributed by atoms with Crippen molar-refractivity contribution in [3.8, 4) is 11.1 Å². The van der Waals surface area contributed by atoms with Crippen LogP contribution in [0.1, 0.15) is 49.1 Å². The van der Waals surface area contributed by atoms with Gasteiger partial charge in [0.15, 0.2) is 0 Å². The molecule has 2 saturated carbocycles. The Labute approximate surface area is 170 Å². The van der Waals surface area contributed by atoms with E-state index in [4.69, 9.17) is 9.47 Å². The van der Waals surface area contributed by atoms with Crippen LogP contribution in [0.3, 0.4) is 0 Å². The molecule has 0 unspecified atom stereocenters. The Morgan fingerprint density at radius 1 is 1.00 bits per heavy atom. The van der Waals surface area contributed by atoms with Crippen molar-refractivity contribution in [3.63, 3.8) is 0 Å². The summed E-state index contributed by atoms with van der Waals surface area (Å²) in [5, 5.41) is 2.89. The Bertz CT molecular complexity index is 933. The van der Waals surface area contributed by atoms with Crippen LogP contribution in [0.25, 0.3) is 11.1 Å². The van der Waals surface area contributed by atoms with Gasteiger partial charge in [-0.1, -0.05) is 61.4 Å². The number of amides is 1. The van der Waals surface area contributed by atoms with Gasteiger partial charge in [0.2, 0.25) is 0 Å². The Balaban J connectivity index is 1.32. The molecule has 0 bridgehead atoms. The summed E-state index contributed by atoms with van der Waals surface area (Å²) >= 11 is 0. The molecule has 1 N–H and O–H groups in total. The number of esters is 1. The van der Waals surface area contributed by atoms with Crippen molar-refractivity contribution in [2.45, 2.75) is 43.6 Å². The molecule has 0 aromatic heterocycles. The molecule has 5 nitrogen and oxygen atoms in total. The SMILES string of the molecule is COC(=O)[C@@]1(NC(=O)OCC2c3ccccc3-c3ccccc32)CC12CCCC2. The lowest BCUT2D eigenvalue weighted by atomic mass is 9.97. The number of benzene rings is 2. The summed E-state index contributed by atoms with van der Waals surface area (Å²) in [7, 11) is 1.38. The number of rotatable bonds is 4. The van der Waals surface area contributed by atoms with Gasteiger partial charge in [-0.3, -0.25) is 0 Å². The highest BCUT2D eigenvalue weighted by molar-refractivity contribution is 5.91. The van der Waals surface area contributed by atoms with Crippen LogP contribution in [0.15, 0.2) is 48.5 Å². The summed E-state index contributed by atoms with van der Waals surface area (Å²) in [6.45, 7) is 0.240. The van der Waals surface area contributed by atoms with Crippen LogP contribution >= 0.6 is 0 Å². The smallest absolute Gasteiger partial charge is 0.408 e. The molecular formula is C24H25NO4. The standard InChI is InChI=1S/C24H25NO4/c1-28-21(26)24(15-23(24)12-6-7-13-23)25-22(27)29-14-20-18-10-4-2-8-16(18)17-9-3-5-11-19(17)20/h2-5,8-11,20H,6-7,12-15H2,1H3,(H,25,27)/t24-/m0/s1. The van der Waals surface area contributed by atoms with Crippen LogP contribution in [-0.2, 0) is 14.3 Å². The van der Waals surface area contributed by atoms with Crippen molar-refractivity contribution in [1.29, 1.82) is 0 Å². The van der Waals surface area contributed by atoms with E-state index < -0.39 is 11.6 Å². The van der Waals surface area contributed by atoms with Crippen LogP contribution in [0.5, 0.6) is 0 Å². The first kappa shape index (κ1) is 18.2. The molecule has 3 aliphatic carbocycles. The van der Waals surface area contributed by atoms with Crippen LogP contribution in [-0.4, -0.2) is 31.3 Å². The molecule has 2 aromatic rings. The lowest BCUT2D eigenvalue weighted by molar-refractivity contribution is -0.145. The highest BCUT2D eigenvalue weighted by Gasteiger charge is 2.74. The first-order valence-corrected chi connectivity index (χ1v) is 10.3. The first-order valence-electron chi connectivity index (χ1n) is 10.3. The van der Waals surface area contributed by atoms with Gasteiger partial charge >= 0.3 is 12.1 Å². The number of carbonyl (C=O) groups is 2. The molecule has 1 atom stereocenters. The van der Waals surface area contributed by atoms with Gasteiger partial charge in [-0.2, -0.15) is 0 Å². The summed E-state index contributed by atoms with van der Waals surface area (Å²) in [4.78, 5) is 25.2. The maximum atomic E-state index is 12.7. The maximum absolute atomic E-state index is 12.7. The number of carbonyl (C=O) groups excluding carboxylic acids is 2. The minimum absolute atomic E-state index is 0.00173. The fraction of sp³-hybridized carbons (Fsp3) is 0.417. The second-order valence-corrected chi connectivity index (χ2v) is 8.51. The zero-order valence-corrected chi connectivity index (χ0v) is 16.6. The number of hydrogen-bond donors (Lipinski definition) is 1. The van der Waals surface area contributed by atoms with Crippen molar-refractivity contribution in [1.82, 2.24) is 5.32 Å². The molecule has 29 heavy (non-hydrogen) atoms. The van der Waals surface area contributed by atoms with Gasteiger partial charge in [0.05, 0.1) is 7.11 Å². The zero-order valence-electron chi connectivity index (χ0n) is 16.6. The Hall–Kier alpha value is -2.82. The van der Waals surface area contributed by atoms with Crippen molar-refractivity contribution in [2.75, 3.05) is 13.7 Å². The molecule has 0 heterocycles. The fourth-order valence-corrected chi connectivity index (χ4v) is 5.62. The first-order chi connectivity index (χ1) is 14.1. The molecule has 5 heteroatoms. The monoisotopic (exact) mass is 391 g/mol. The molecule has 1 amide bonds. The quantitative estimate of drug-likeness (QED) is 0.785. The molecule has 150 valence electrons. The Morgan fingerprint density at radius 3 is 2.17 bits per heavy atom. The fourth-order valence-electron chi connectivity index (χ4n) is 5.62. The van der Waals surface area contributed by atoms with E-state index in [2.05, 4.69) is 29.6 Å². The molecule has 2 aromatic carbocycles. The highest BCUT2D eigenvalue weighted by Crippen LogP contribution is 2.66. The predicted molar refractivity (Wildman–Crippen MR) is 108 cm³/mol. The maximum Gasteiger partial charge on any atom is 0.408 e. The third-order valence-electron chi connectivity index (χ3n) is 7.14. The average molecular weight is 391 g/mol. The van der Waals surface area contributed by atoms with Gasteiger partial charge in [-0.05, 0) is 41.5 Å². The summed E-state index contributed by atoms with van der Waals surface area (Å²) in [6.07, 6.45) is 4.19. The molecule has 0 radical (unpaired) electrons. The van der Waals surface area contributed by atoms with Gasteiger partial charge in [0.25, 0.3) is 0 Å². The lowest BCUT2D eigenvalue weighted by Crippen LogP contribution is -2.48. The van der Waals surface area contributed by atoms with E-state index in [1.54, 1.807) is 0 Å². The van der Waals surface area contributed by atoms with E-state index in [0.29, 0.717) is 6.42 Å². The van der Waals surface area contributed by atoms with Crippen LogP contribution < -0.4 is 5.32 Å². The second-order valence-electron chi connectivity index (χ2n) is 8.51. The number of alkyl carbamates (subject to hydrolysis) is 1. The van der Waals surface area contributed by atoms with E-state index in [9.17, 15) is 9.59 Å². The van der Waals surface area contributed by atoms with Gasteiger partial charge in [-0.15, -0.1) is 0 Å².